The third kappa shape index (κ3) is 11.6. The number of aryl methyl sites for hydroxylation is 1. The van der Waals surface area contributed by atoms with Gasteiger partial charge in [-0.1, -0.05) is 62.7 Å². The Morgan fingerprint density at radius 3 is 2.27 bits per heavy atom. The summed E-state index contributed by atoms with van der Waals surface area (Å²) < 4.78 is 17.5. The second kappa shape index (κ2) is 19.3. The van der Waals surface area contributed by atoms with Gasteiger partial charge in [-0.3, -0.25) is 10.1 Å². The highest BCUT2D eigenvalue weighted by Gasteiger charge is 2.22. The fourth-order valence-electron chi connectivity index (χ4n) is 4.97. The predicted molar refractivity (Wildman–Crippen MR) is 206 cm³/mol. The van der Waals surface area contributed by atoms with Gasteiger partial charge in [0.15, 0.2) is 0 Å². The number of nitrogens with one attached hydrogen (secondary N) is 4. The number of aromatic nitrogens is 3. The summed E-state index contributed by atoms with van der Waals surface area (Å²) in [4.78, 5) is 29.9. The number of carbonyl (C=O) groups is 2. The number of nitrogens with two attached hydrogens (primary N) is 1. The second-order valence-corrected chi connectivity index (χ2v) is 13.0. The molecule has 276 valence electrons. The smallest absolute Gasteiger partial charge is 0.324 e. The fraction of sp³-hybridized carbons (Fsp3) is 0.333. The van der Waals surface area contributed by atoms with Gasteiger partial charge < -0.3 is 35.9 Å². The average molecular weight is 711 g/mol. The Balaban J connectivity index is 0.00000113. The Bertz CT molecular complexity index is 1900. The number of amides is 3. The van der Waals surface area contributed by atoms with Crippen LogP contribution in [0, 0.1) is 6.92 Å². The van der Waals surface area contributed by atoms with Gasteiger partial charge in [-0.25, -0.2) is 14.5 Å². The number of methoxy groups -OCH3 is 2. The molecule has 2 heterocycles. The number of benzene rings is 3. The molecule has 13 heteroatoms. The van der Waals surface area contributed by atoms with E-state index in [2.05, 4.69) is 51.8 Å². The zero-order valence-corrected chi connectivity index (χ0v) is 30.8. The molecule has 0 fully saturated rings. The fourth-order valence-corrected chi connectivity index (χ4v) is 4.97. The maximum absolute atomic E-state index is 13.4. The van der Waals surface area contributed by atoms with E-state index in [4.69, 9.17) is 20.3 Å². The molecule has 5 rings (SSSR count). The van der Waals surface area contributed by atoms with Crippen molar-refractivity contribution in [3.05, 3.63) is 102 Å². The summed E-state index contributed by atoms with van der Waals surface area (Å²) in [7, 11) is 3.24. The molecule has 0 radical (unpaired) electrons. The minimum atomic E-state index is -0.391. The van der Waals surface area contributed by atoms with Crippen molar-refractivity contribution < 1.29 is 23.8 Å². The number of hydrogen-bond donors (Lipinski definition) is 5. The van der Waals surface area contributed by atoms with E-state index in [0.29, 0.717) is 49.4 Å². The third-order valence-electron chi connectivity index (χ3n) is 7.71. The maximum Gasteiger partial charge on any atom is 0.324 e. The highest BCUT2D eigenvalue weighted by molar-refractivity contribution is 6.07. The van der Waals surface area contributed by atoms with Gasteiger partial charge in [0.2, 0.25) is 5.91 Å². The van der Waals surface area contributed by atoms with Crippen molar-refractivity contribution in [2.45, 2.75) is 39.7 Å². The highest BCUT2D eigenvalue weighted by Crippen LogP contribution is 2.33. The van der Waals surface area contributed by atoms with Crippen LogP contribution >= 0.6 is 0 Å². The van der Waals surface area contributed by atoms with Crippen molar-refractivity contribution in [2.75, 3.05) is 63.0 Å². The van der Waals surface area contributed by atoms with Gasteiger partial charge in [0, 0.05) is 55.8 Å². The van der Waals surface area contributed by atoms with E-state index >= 15 is 0 Å². The van der Waals surface area contributed by atoms with E-state index in [-0.39, 0.29) is 24.5 Å². The first-order chi connectivity index (χ1) is 25.0. The number of pyridine rings is 1. The minimum absolute atomic E-state index is 0.157. The Morgan fingerprint density at radius 2 is 1.60 bits per heavy atom. The average Bonchev–Trinajstić information content (AvgIpc) is 3.55. The van der Waals surface area contributed by atoms with E-state index in [1.165, 1.54) is 0 Å². The number of hydrogen-bond acceptors (Lipinski definition) is 9. The second-order valence-electron chi connectivity index (χ2n) is 13.0. The number of fused-ring (bicyclic) bond motifs is 1. The Morgan fingerprint density at radius 1 is 0.865 bits per heavy atom. The van der Waals surface area contributed by atoms with Crippen LogP contribution in [-0.4, -0.2) is 73.8 Å². The Kier molecular flexibility index (Phi) is 14.7. The molecule has 52 heavy (non-hydrogen) atoms. The molecule has 0 bridgehead atoms. The number of anilines is 3. The molecule has 3 amide bonds. The zero-order valence-electron chi connectivity index (χ0n) is 30.8. The van der Waals surface area contributed by atoms with Crippen molar-refractivity contribution in [2.24, 2.45) is 5.73 Å². The lowest BCUT2D eigenvalue weighted by Crippen LogP contribution is -2.30. The van der Waals surface area contributed by atoms with E-state index in [0.717, 1.165) is 33.3 Å². The standard InChI is InChI=1S/C36H41N7O4.C3H9NO/c1-24-10-12-26(13-11-24)43-33(21-31(42-43)36(2,3)4)41-35(45)39-29-14-15-30(28-9-7-6-8-27(28)29)47-23-25-16-17-38-32(20-25)40-34(44)22-37-18-19-46-5;1-5-3-2-4/h6-17,20-21,37H,18-19,22-23H2,1-5H3,(H,38,40,44)(H2,39,41,45);2-4H2,1H3. The first kappa shape index (κ1) is 39.4. The molecule has 0 saturated heterocycles. The lowest BCUT2D eigenvalue weighted by molar-refractivity contribution is -0.115. The van der Waals surface area contributed by atoms with Crippen LogP contribution in [0.3, 0.4) is 0 Å². The number of rotatable bonds is 14. The molecule has 5 aromatic rings. The van der Waals surface area contributed by atoms with Gasteiger partial charge >= 0.3 is 6.03 Å². The number of ether oxygens (including phenoxy) is 3. The van der Waals surface area contributed by atoms with Crippen molar-refractivity contribution in [1.82, 2.24) is 20.1 Å². The molecule has 0 saturated carbocycles. The van der Waals surface area contributed by atoms with Crippen LogP contribution in [0.2, 0.25) is 0 Å². The van der Waals surface area contributed by atoms with Crippen LogP contribution in [0.15, 0.2) is 85.1 Å². The van der Waals surface area contributed by atoms with Crippen molar-refractivity contribution in [3.63, 3.8) is 0 Å². The first-order valence-corrected chi connectivity index (χ1v) is 17.1. The van der Waals surface area contributed by atoms with Gasteiger partial charge in [0.1, 0.15) is 24.0 Å². The molecule has 3 aromatic carbocycles. The lowest BCUT2D eigenvalue weighted by atomic mass is 9.92. The molecule has 0 aliphatic rings. The summed E-state index contributed by atoms with van der Waals surface area (Å²) in [6.45, 7) is 11.1. The summed E-state index contributed by atoms with van der Waals surface area (Å²) >= 11 is 0. The van der Waals surface area contributed by atoms with Gasteiger partial charge in [-0.15, -0.1) is 0 Å². The topological polar surface area (TPSA) is 167 Å². The highest BCUT2D eigenvalue weighted by atomic mass is 16.5. The van der Waals surface area contributed by atoms with Crippen LogP contribution in [0.5, 0.6) is 5.75 Å². The molecular weight excluding hydrogens is 660 g/mol. The van der Waals surface area contributed by atoms with Gasteiger partial charge in [0.25, 0.3) is 0 Å². The molecule has 13 nitrogen and oxygen atoms in total. The molecule has 6 N–H and O–H groups in total. The monoisotopic (exact) mass is 710 g/mol. The number of carbonyl (C=O) groups excluding carboxylic acids is 2. The normalized spacial score (nSPS) is 11.1. The molecule has 0 atom stereocenters. The van der Waals surface area contributed by atoms with Crippen LogP contribution < -0.4 is 31.7 Å². The SMILES string of the molecule is COCCN.COCCNCC(=O)Nc1cc(COc2ccc(NC(=O)Nc3cc(C(C)(C)C)nn3-c3ccc(C)cc3)c3ccccc23)ccn1. The molecule has 0 aliphatic heterocycles. The van der Waals surface area contributed by atoms with Crippen LogP contribution in [-0.2, 0) is 26.3 Å². The predicted octanol–water partition coefficient (Wildman–Crippen LogP) is 6.02. The van der Waals surface area contributed by atoms with Crippen LogP contribution in [0.25, 0.3) is 16.5 Å². The number of urea groups is 1. The molecule has 0 aliphatic carbocycles. The van der Waals surface area contributed by atoms with Gasteiger partial charge in [-0.2, -0.15) is 5.10 Å². The zero-order chi connectivity index (χ0) is 37.5. The largest absolute Gasteiger partial charge is 0.488 e. The maximum atomic E-state index is 13.4. The minimum Gasteiger partial charge on any atom is -0.488 e. The van der Waals surface area contributed by atoms with E-state index in [1.54, 1.807) is 31.2 Å². The van der Waals surface area contributed by atoms with Crippen LogP contribution in [0.4, 0.5) is 22.1 Å². The van der Waals surface area contributed by atoms with E-state index in [1.807, 2.05) is 79.7 Å². The van der Waals surface area contributed by atoms with Crippen molar-refractivity contribution in [3.8, 4) is 11.4 Å². The van der Waals surface area contributed by atoms with Gasteiger partial charge in [-0.05, 0) is 48.9 Å². The molecular formula is C39H50N8O5. The Labute approximate surface area is 305 Å². The summed E-state index contributed by atoms with van der Waals surface area (Å²) in [6.07, 6.45) is 1.63. The molecule has 0 spiro atoms. The van der Waals surface area contributed by atoms with Crippen LogP contribution in [0.1, 0.15) is 37.6 Å². The first-order valence-electron chi connectivity index (χ1n) is 17.1. The number of nitrogens with zero attached hydrogens (tertiary/aromatic N) is 3. The van der Waals surface area contributed by atoms with E-state index in [9.17, 15) is 9.59 Å². The third-order valence-corrected chi connectivity index (χ3v) is 7.71. The quantitative estimate of drug-likeness (QED) is 0.0867. The van der Waals surface area contributed by atoms with Crippen molar-refractivity contribution in [1.29, 1.82) is 0 Å². The molecule has 2 aromatic heterocycles. The Hall–Kier alpha value is -5.34. The lowest BCUT2D eigenvalue weighted by Gasteiger charge is -2.15. The summed E-state index contributed by atoms with van der Waals surface area (Å²) in [5.41, 5.74) is 9.14. The van der Waals surface area contributed by atoms with Gasteiger partial charge in [0.05, 0.1) is 36.8 Å². The summed E-state index contributed by atoms with van der Waals surface area (Å²) in [5.74, 6) is 1.47. The summed E-state index contributed by atoms with van der Waals surface area (Å²) in [6, 6.07) is 24.5. The summed E-state index contributed by atoms with van der Waals surface area (Å²) in [5, 5.41) is 18.3. The molecule has 0 unspecified atom stereocenters. The van der Waals surface area contributed by atoms with Crippen molar-refractivity contribution >= 4 is 40.0 Å². The van der Waals surface area contributed by atoms with E-state index < -0.39 is 6.03 Å².